The molecule has 0 atom stereocenters. The van der Waals surface area contributed by atoms with Crippen molar-refractivity contribution in [2.24, 2.45) is 0 Å². The Morgan fingerprint density at radius 1 is 1.23 bits per heavy atom. The molecule has 3 heteroatoms. The molecule has 0 N–H and O–H groups in total. The van der Waals surface area contributed by atoms with Crippen LogP contribution in [-0.2, 0) is 6.42 Å². The molecule has 0 radical (unpaired) electrons. The predicted octanol–water partition coefficient (Wildman–Crippen LogP) is 1.70. The van der Waals surface area contributed by atoms with Crippen LogP contribution in [0.5, 0.6) is 0 Å². The van der Waals surface area contributed by atoms with Crippen LogP contribution < -0.4 is 0 Å². The number of hydrogen-bond donors (Lipinski definition) is 0. The quantitative estimate of drug-likeness (QED) is 0.652. The lowest BCUT2D eigenvalue weighted by atomic mass is 10.1. The average Bonchev–Trinajstić information content (AvgIpc) is 2.19. The first-order chi connectivity index (χ1) is 6.42. The highest BCUT2D eigenvalue weighted by Gasteiger charge is 2.00. The van der Waals surface area contributed by atoms with E-state index in [-0.39, 0.29) is 0 Å². The Morgan fingerprint density at radius 3 is 2.92 bits per heavy atom. The smallest absolute Gasteiger partial charge is 0.116 e. The van der Waals surface area contributed by atoms with Crippen LogP contribution in [0, 0.1) is 11.3 Å². The normalized spacial score (nSPS) is 9.77. The molecule has 0 saturated carbocycles. The lowest BCUT2D eigenvalue weighted by Crippen LogP contribution is -1.91. The Labute approximate surface area is 75.7 Å². The predicted molar refractivity (Wildman–Crippen MR) is 48.9 cm³/mol. The second-order valence-corrected chi connectivity index (χ2v) is 2.67. The van der Waals surface area contributed by atoms with E-state index in [1.807, 2.05) is 24.3 Å². The van der Waals surface area contributed by atoms with Gasteiger partial charge in [0.15, 0.2) is 0 Å². The Hall–Kier alpha value is -1.95. The highest BCUT2D eigenvalue weighted by atomic mass is 14.8. The van der Waals surface area contributed by atoms with Crippen molar-refractivity contribution in [3.8, 4) is 6.07 Å². The van der Waals surface area contributed by atoms with Gasteiger partial charge in [-0.25, -0.2) is 9.97 Å². The van der Waals surface area contributed by atoms with Crippen molar-refractivity contribution in [2.75, 3.05) is 0 Å². The molecule has 0 fully saturated rings. The Kier molecular flexibility index (Phi) is 1.89. The summed E-state index contributed by atoms with van der Waals surface area (Å²) < 4.78 is 0. The van der Waals surface area contributed by atoms with Gasteiger partial charge < -0.3 is 0 Å². The van der Waals surface area contributed by atoms with E-state index in [9.17, 15) is 0 Å². The molecule has 0 aliphatic rings. The van der Waals surface area contributed by atoms with E-state index >= 15 is 0 Å². The Morgan fingerprint density at radius 2 is 2.08 bits per heavy atom. The third-order valence-electron chi connectivity index (χ3n) is 1.87. The monoisotopic (exact) mass is 169 g/mol. The SMILES string of the molecule is N#CCc1ncnc2ccccc12. The van der Waals surface area contributed by atoms with Gasteiger partial charge in [-0.15, -0.1) is 0 Å². The molecule has 62 valence electrons. The van der Waals surface area contributed by atoms with Gasteiger partial charge in [0.25, 0.3) is 0 Å². The van der Waals surface area contributed by atoms with Gasteiger partial charge in [0.2, 0.25) is 0 Å². The Balaban J connectivity index is 2.70. The summed E-state index contributed by atoms with van der Waals surface area (Å²) in [6.07, 6.45) is 1.83. The fourth-order valence-corrected chi connectivity index (χ4v) is 1.28. The van der Waals surface area contributed by atoms with Gasteiger partial charge >= 0.3 is 0 Å². The summed E-state index contributed by atoms with van der Waals surface area (Å²) in [4.78, 5) is 8.17. The van der Waals surface area contributed by atoms with Gasteiger partial charge in [-0.2, -0.15) is 5.26 Å². The van der Waals surface area contributed by atoms with Crippen LogP contribution in [-0.4, -0.2) is 9.97 Å². The van der Waals surface area contributed by atoms with E-state index < -0.39 is 0 Å². The summed E-state index contributed by atoms with van der Waals surface area (Å²) in [6, 6.07) is 9.78. The number of hydrogen-bond acceptors (Lipinski definition) is 3. The number of para-hydroxylation sites is 1. The van der Waals surface area contributed by atoms with E-state index in [0.29, 0.717) is 6.42 Å². The maximum absolute atomic E-state index is 8.57. The van der Waals surface area contributed by atoms with E-state index in [4.69, 9.17) is 5.26 Å². The molecule has 1 aromatic heterocycles. The first-order valence-corrected chi connectivity index (χ1v) is 3.97. The minimum absolute atomic E-state index is 0.336. The van der Waals surface area contributed by atoms with E-state index in [1.54, 1.807) is 0 Å². The van der Waals surface area contributed by atoms with Crippen LogP contribution in [0.3, 0.4) is 0 Å². The molecule has 2 rings (SSSR count). The van der Waals surface area contributed by atoms with Crippen LogP contribution in [0.2, 0.25) is 0 Å². The summed E-state index contributed by atoms with van der Waals surface area (Å²) in [5, 5.41) is 9.53. The highest BCUT2D eigenvalue weighted by Crippen LogP contribution is 2.13. The van der Waals surface area contributed by atoms with Gasteiger partial charge in [0.05, 0.1) is 23.7 Å². The van der Waals surface area contributed by atoms with Crippen LogP contribution in [0.4, 0.5) is 0 Å². The first kappa shape index (κ1) is 7.69. The van der Waals surface area contributed by atoms with Gasteiger partial charge in [0, 0.05) is 5.39 Å². The number of fused-ring (bicyclic) bond motifs is 1. The first-order valence-electron chi connectivity index (χ1n) is 3.97. The van der Waals surface area contributed by atoms with Crippen molar-refractivity contribution in [3.63, 3.8) is 0 Å². The molecule has 3 nitrogen and oxygen atoms in total. The minimum Gasteiger partial charge on any atom is -0.240 e. The molecule has 0 bridgehead atoms. The highest BCUT2D eigenvalue weighted by molar-refractivity contribution is 5.80. The summed E-state index contributed by atoms with van der Waals surface area (Å²) in [7, 11) is 0. The van der Waals surface area contributed by atoms with E-state index in [2.05, 4.69) is 16.0 Å². The molecule has 0 amide bonds. The minimum atomic E-state index is 0.336. The van der Waals surface area contributed by atoms with Crippen molar-refractivity contribution in [1.29, 1.82) is 5.26 Å². The van der Waals surface area contributed by atoms with Crippen LogP contribution in [0.25, 0.3) is 10.9 Å². The summed E-state index contributed by atoms with van der Waals surface area (Å²) >= 11 is 0. The largest absolute Gasteiger partial charge is 0.240 e. The molecule has 0 spiro atoms. The lowest BCUT2D eigenvalue weighted by molar-refractivity contribution is 1.09. The topological polar surface area (TPSA) is 49.6 Å². The van der Waals surface area contributed by atoms with Crippen LogP contribution in [0.1, 0.15) is 5.69 Å². The van der Waals surface area contributed by atoms with Crippen molar-refractivity contribution in [1.82, 2.24) is 9.97 Å². The summed E-state index contributed by atoms with van der Waals surface area (Å²) in [5.74, 6) is 0. The lowest BCUT2D eigenvalue weighted by Gasteiger charge is -1.99. The van der Waals surface area contributed by atoms with Crippen molar-refractivity contribution in [3.05, 3.63) is 36.3 Å². The third kappa shape index (κ3) is 1.34. The van der Waals surface area contributed by atoms with E-state index in [0.717, 1.165) is 16.6 Å². The Bertz CT molecular complexity index is 466. The van der Waals surface area contributed by atoms with Gasteiger partial charge in [-0.05, 0) is 6.07 Å². The molecular weight excluding hydrogens is 162 g/mol. The molecule has 13 heavy (non-hydrogen) atoms. The molecule has 1 aromatic carbocycles. The fraction of sp³-hybridized carbons (Fsp3) is 0.100. The second kappa shape index (κ2) is 3.20. The number of aromatic nitrogens is 2. The number of nitrogens with zero attached hydrogens (tertiary/aromatic N) is 3. The number of benzene rings is 1. The van der Waals surface area contributed by atoms with Crippen LogP contribution in [0.15, 0.2) is 30.6 Å². The third-order valence-corrected chi connectivity index (χ3v) is 1.87. The summed E-state index contributed by atoms with van der Waals surface area (Å²) in [5.41, 5.74) is 1.69. The molecule has 1 heterocycles. The molecule has 0 aliphatic carbocycles. The van der Waals surface area contributed by atoms with Crippen molar-refractivity contribution in [2.45, 2.75) is 6.42 Å². The van der Waals surface area contributed by atoms with Gasteiger partial charge in [-0.1, -0.05) is 18.2 Å². The molecule has 0 unspecified atom stereocenters. The fourth-order valence-electron chi connectivity index (χ4n) is 1.28. The maximum atomic E-state index is 8.57. The van der Waals surface area contributed by atoms with Crippen molar-refractivity contribution >= 4 is 10.9 Å². The molecular formula is C10H7N3. The summed E-state index contributed by atoms with van der Waals surface area (Å²) in [6.45, 7) is 0. The second-order valence-electron chi connectivity index (χ2n) is 2.67. The molecule has 0 saturated heterocycles. The van der Waals surface area contributed by atoms with Gasteiger partial charge in [0.1, 0.15) is 6.33 Å². The maximum Gasteiger partial charge on any atom is 0.116 e. The molecule has 2 aromatic rings. The van der Waals surface area contributed by atoms with E-state index in [1.165, 1.54) is 6.33 Å². The zero-order valence-electron chi connectivity index (χ0n) is 6.94. The van der Waals surface area contributed by atoms with Crippen molar-refractivity contribution < 1.29 is 0 Å². The number of rotatable bonds is 1. The molecule has 0 aliphatic heterocycles. The standard InChI is InChI=1S/C10H7N3/c11-6-5-10-8-3-1-2-4-9(8)12-7-13-10/h1-4,7H,5H2. The number of nitriles is 1. The van der Waals surface area contributed by atoms with Crippen LogP contribution >= 0.6 is 0 Å². The average molecular weight is 169 g/mol. The zero-order valence-corrected chi connectivity index (χ0v) is 6.94. The van der Waals surface area contributed by atoms with Gasteiger partial charge in [-0.3, -0.25) is 0 Å². The zero-order chi connectivity index (χ0) is 9.10.